The molecule has 24 nitrogen and oxygen atoms in total. The lowest BCUT2D eigenvalue weighted by Gasteiger charge is -2.43. The standard InChI is InChI=1S/C42H48N2O22/c1-19(45)53-17-33-35(57-21(3)47)37(59-23(5)49)39(61-25(7)51)41(63-33)55-15-29-13-31(43-65-29)27-9-11-28(12-10-27)32-14-30(66-44-32)16-56-42-40(62-26(8)52)38(60-24(6)50)36(58-22(4)48)34(64-42)18-54-20(2)46/h9-14,33-42H,15-18H2,1-8H3/t33-,34-,35-,36-,37+,38+,39-,40-,41-,42-/m1/s1. The maximum absolute atomic E-state index is 12.2. The topological polar surface area (TPSA) is 299 Å². The molecule has 0 amide bonds. The minimum atomic E-state index is -1.44. The summed E-state index contributed by atoms with van der Waals surface area (Å²) in [4.78, 5) is 95.9. The summed E-state index contributed by atoms with van der Waals surface area (Å²) in [5.74, 6) is -5.69. The highest BCUT2D eigenvalue weighted by molar-refractivity contribution is 5.70. The first-order chi connectivity index (χ1) is 31.3. The number of benzene rings is 1. The van der Waals surface area contributed by atoms with E-state index >= 15 is 0 Å². The molecule has 0 radical (unpaired) electrons. The largest absolute Gasteiger partial charge is 0.463 e. The van der Waals surface area contributed by atoms with Gasteiger partial charge in [0.15, 0.2) is 60.7 Å². The number of nitrogens with zero attached hydrogens (tertiary/aromatic N) is 2. The van der Waals surface area contributed by atoms with Gasteiger partial charge < -0.3 is 65.9 Å². The lowest BCUT2D eigenvalue weighted by Crippen LogP contribution is -2.62. The van der Waals surface area contributed by atoms with Gasteiger partial charge in [-0.05, 0) is 0 Å². The van der Waals surface area contributed by atoms with Crippen molar-refractivity contribution in [2.75, 3.05) is 13.2 Å². The van der Waals surface area contributed by atoms with Gasteiger partial charge in [-0.2, -0.15) is 0 Å². The summed E-state index contributed by atoms with van der Waals surface area (Å²) in [7, 11) is 0. The monoisotopic (exact) mass is 932 g/mol. The molecule has 1 aromatic carbocycles. The van der Waals surface area contributed by atoms with Gasteiger partial charge in [-0.1, -0.05) is 34.6 Å². The Morgan fingerprint density at radius 2 is 0.742 bits per heavy atom. The van der Waals surface area contributed by atoms with Gasteiger partial charge in [-0.15, -0.1) is 0 Å². The Hall–Kier alpha value is -6.76. The van der Waals surface area contributed by atoms with E-state index in [4.69, 9.17) is 65.9 Å². The van der Waals surface area contributed by atoms with Crippen molar-refractivity contribution in [1.29, 1.82) is 0 Å². The second-order valence-corrected chi connectivity index (χ2v) is 14.7. The summed E-state index contributed by atoms with van der Waals surface area (Å²) in [6.45, 7) is 7.46. The van der Waals surface area contributed by atoms with Crippen LogP contribution in [0.4, 0.5) is 0 Å². The molecule has 0 N–H and O–H groups in total. The molecule has 10 atom stereocenters. The Morgan fingerprint density at radius 1 is 0.439 bits per heavy atom. The fraction of sp³-hybridized carbons (Fsp3) is 0.524. The lowest BCUT2D eigenvalue weighted by atomic mass is 9.98. The highest BCUT2D eigenvalue weighted by atomic mass is 16.8. The number of hydrogen-bond acceptors (Lipinski definition) is 24. The highest BCUT2D eigenvalue weighted by Gasteiger charge is 2.54. The number of ether oxygens (including phenoxy) is 12. The fourth-order valence-electron chi connectivity index (χ4n) is 6.82. The summed E-state index contributed by atoms with van der Waals surface area (Å²) in [5, 5.41) is 8.22. The molecule has 2 aliphatic heterocycles. The number of esters is 8. The third kappa shape index (κ3) is 14.1. The molecule has 2 fully saturated rings. The van der Waals surface area contributed by atoms with Gasteiger partial charge in [0.1, 0.15) is 50.0 Å². The van der Waals surface area contributed by atoms with Crippen molar-refractivity contribution < 1.29 is 104 Å². The highest BCUT2D eigenvalue weighted by Crippen LogP contribution is 2.33. The molecule has 3 aromatic rings. The number of carbonyl (C=O) groups excluding carboxylic acids is 8. The van der Waals surface area contributed by atoms with Crippen LogP contribution in [0.5, 0.6) is 0 Å². The van der Waals surface area contributed by atoms with E-state index in [1.54, 1.807) is 36.4 Å². The van der Waals surface area contributed by atoms with Crippen LogP contribution in [0, 0.1) is 0 Å². The van der Waals surface area contributed by atoms with Gasteiger partial charge in [0, 0.05) is 78.6 Å². The van der Waals surface area contributed by atoms with E-state index in [9.17, 15) is 38.4 Å². The molecule has 24 heteroatoms. The summed E-state index contributed by atoms with van der Waals surface area (Å²) in [6, 6.07) is 10.0. The van der Waals surface area contributed by atoms with Crippen molar-refractivity contribution >= 4 is 47.8 Å². The third-order valence-corrected chi connectivity index (χ3v) is 9.27. The average molecular weight is 933 g/mol. The second kappa shape index (κ2) is 22.9. The number of aromatic nitrogens is 2. The molecule has 4 heterocycles. The summed E-state index contributed by atoms with van der Waals surface area (Å²) in [5.41, 5.74) is 2.00. The number of rotatable bonds is 18. The second-order valence-electron chi connectivity index (χ2n) is 14.7. The molecule has 2 saturated heterocycles. The van der Waals surface area contributed by atoms with E-state index in [2.05, 4.69) is 10.3 Å². The van der Waals surface area contributed by atoms with Crippen LogP contribution in [0.3, 0.4) is 0 Å². The van der Waals surface area contributed by atoms with Gasteiger partial charge in [0.05, 0.1) is 0 Å². The van der Waals surface area contributed by atoms with Gasteiger partial charge in [-0.25, -0.2) is 0 Å². The molecule has 0 bridgehead atoms. The Bertz CT molecular complexity index is 2060. The normalized spacial score (nSPS) is 24.8. The Morgan fingerprint density at radius 3 is 1.05 bits per heavy atom. The van der Waals surface area contributed by atoms with Crippen molar-refractivity contribution in [3.05, 3.63) is 47.9 Å². The zero-order valence-electron chi connectivity index (χ0n) is 36.9. The Balaban J connectivity index is 1.27. The average Bonchev–Trinajstić information content (AvgIpc) is 3.91. The van der Waals surface area contributed by atoms with E-state index in [1.165, 1.54) is 0 Å². The quantitative estimate of drug-likeness (QED) is 0.130. The van der Waals surface area contributed by atoms with Crippen LogP contribution in [0.25, 0.3) is 22.5 Å². The molecule has 66 heavy (non-hydrogen) atoms. The van der Waals surface area contributed by atoms with E-state index in [1.807, 2.05) is 0 Å². The predicted molar refractivity (Wildman–Crippen MR) is 211 cm³/mol. The van der Waals surface area contributed by atoms with Crippen LogP contribution in [0.2, 0.25) is 0 Å². The molecular formula is C42H48N2O22. The van der Waals surface area contributed by atoms with Gasteiger partial charge >= 0.3 is 47.8 Å². The molecule has 0 spiro atoms. The van der Waals surface area contributed by atoms with Gasteiger partial charge in [0.25, 0.3) is 0 Å². The Labute approximate surface area is 375 Å². The molecular weight excluding hydrogens is 884 g/mol. The minimum absolute atomic E-state index is 0.194. The lowest BCUT2D eigenvalue weighted by molar-refractivity contribution is -0.311. The Kier molecular flexibility index (Phi) is 17.4. The summed E-state index contributed by atoms with van der Waals surface area (Å²) in [6.07, 6.45) is -13.7. The van der Waals surface area contributed by atoms with Crippen molar-refractivity contribution in [2.24, 2.45) is 0 Å². The maximum atomic E-state index is 12.2. The van der Waals surface area contributed by atoms with Crippen molar-refractivity contribution in [1.82, 2.24) is 10.3 Å². The van der Waals surface area contributed by atoms with Gasteiger partial charge in [0.2, 0.25) is 0 Å². The molecule has 5 rings (SSSR count). The van der Waals surface area contributed by atoms with Crippen molar-refractivity contribution in [2.45, 2.75) is 130 Å². The molecule has 0 saturated carbocycles. The van der Waals surface area contributed by atoms with Crippen LogP contribution in [-0.2, 0) is 108 Å². The number of carbonyl (C=O) groups is 8. The molecule has 2 aliphatic rings. The minimum Gasteiger partial charge on any atom is -0.463 e. The SMILES string of the molecule is CC(=O)OC[C@H]1O[C@@H](OCc2cc(-c3ccc(-c4cc(CO[C@@H]5O[C@H](COC(C)=O)[C@@H](OC(C)=O)[C@H](OC(C)=O)[C@H]5OC(C)=O)on4)cc3)no2)[C@H](OC(C)=O)[C@@H](OC(C)=O)[C@@H]1OC(C)=O. The molecule has 0 unspecified atom stereocenters. The van der Waals surface area contributed by atoms with Crippen molar-refractivity contribution in [3.8, 4) is 22.5 Å². The van der Waals surface area contributed by atoms with E-state index < -0.39 is 122 Å². The molecule has 358 valence electrons. The smallest absolute Gasteiger partial charge is 0.303 e. The van der Waals surface area contributed by atoms with E-state index in [0.717, 1.165) is 55.4 Å². The first-order valence-corrected chi connectivity index (χ1v) is 20.1. The molecule has 2 aromatic heterocycles. The molecule has 0 aliphatic carbocycles. The predicted octanol–water partition coefficient (Wildman–Crippen LogP) is 2.20. The maximum Gasteiger partial charge on any atom is 0.303 e. The first-order valence-electron chi connectivity index (χ1n) is 20.1. The zero-order chi connectivity index (χ0) is 48.2. The van der Waals surface area contributed by atoms with Gasteiger partial charge in [-0.3, -0.25) is 38.4 Å². The third-order valence-electron chi connectivity index (χ3n) is 9.27. The summed E-state index contributed by atoms with van der Waals surface area (Å²) >= 11 is 0. The fourth-order valence-corrected chi connectivity index (χ4v) is 6.82. The van der Waals surface area contributed by atoms with Crippen molar-refractivity contribution in [3.63, 3.8) is 0 Å². The first kappa shape index (κ1) is 50.2. The van der Waals surface area contributed by atoms with Crippen LogP contribution < -0.4 is 0 Å². The van der Waals surface area contributed by atoms with Crippen LogP contribution >= 0.6 is 0 Å². The van der Waals surface area contributed by atoms with E-state index in [-0.39, 0.29) is 24.7 Å². The summed E-state index contributed by atoms with van der Waals surface area (Å²) < 4.78 is 77.4. The zero-order valence-corrected chi connectivity index (χ0v) is 36.9. The van der Waals surface area contributed by atoms with E-state index in [0.29, 0.717) is 22.5 Å². The van der Waals surface area contributed by atoms with Crippen LogP contribution in [-0.4, -0.2) is 133 Å². The van der Waals surface area contributed by atoms with Crippen LogP contribution in [0.1, 0.15) is 66.9 Å². The number of hydrogen-bond donors (Lipinski definition) is 0. The van der Waals surface area contributed by atoms with Crippen LogP contribution in [0.15, 0.2) is 45.4 Å².